The van der Waals surface area contributed by atoms with Gasteiger partial charge in [-0.05, 0) is 25.7 Å². The topological polar surface area (TPSA) is 18.5 Å². The molecule has 2 nitrogen and oxygen atoms in total. The van der Waals surface area contributed by atoms with Crippen LogP contribution >= 0.6 is 11.6 Å². The summed E-state index contributed by atoms with van der Waals surface area (Å²) in [6.45, 7) is 10.3. The molecule has 0 aliphatic rings. The minimum Gasteiger partial charge on any atom is -0.396 e. The minimum atomic E-state index is -1.61. The lowest BCUT2D eigenvalue weighted by Crippen LogP contribution is -2.34. The van der Waals surface area contributed by atoms with Crippen molar-refractivity contribution in [2.75, 3.05) is 13.2 Å². The van der Waals surface area contributed by atoms with Gasteiger partial charge < -0.3 is 8.85 Å². The van der Waals surface area contributed by atoms with Crippen molar-refractivity contribution in [3.05, 3.63) is 0 Å². The first-order chi connectivity index (χ1) is 8.21. The molecular formula is C13H29ClO2Si. The molecule has 0 aliphatic carbocycles. The predicted molar refractivity (Wildman–Crippen MR) is 78.2 cm³/mol. The molecule has 0 heterocycles. The normalized spacial score (nSPS) is 15.2. The van der Waals surface area contributed by atoms with Gasteiger partial charge in [-0.15, -0.1) is 11.6 Å². The van der Waals surface area contributed by atoms with Crippen molar-refractivity contribution < 1.29 is 8.85 Å². The van der Waals surface area contributed by atoms with E-state index >= 15 is 0 Å². The molecule has 104 valence electrons. The molecule has 4 heteroatoms. The van der Waals surface area contributed by atoms with E-state index in [1.54, 1.807) is 0 Å². The van der Waals surface area contributed by atoms with Gasteiger partial charge in [0.15, 0.2) is 0 Å². The van der Waals surface area contributed by atoms with E-state index in [-0.39, 0.29) is 5.38 Å². The Hall–Kier alpha value is 0.427. The molecule has 0 radical (unpaired) electrons. The summed E-state index contributed by atoms with van der Waals surface area (Å²) in [5, 5.41) is 0.209. The third-order valence-electron chi connectivity index (χ3n) is 2.80. The van der Waals surface area contributed by atoms with Gasteiger partial charge in [-0.3, -0.25) is 0 Å². The quantitative estimate of drug-likeness (QED) is 0.416. The summed E-state index contributed by atoms with van der Waals surface area (Å²) in [4.78, 5) is 0. The molecule has 17 heavy (non-hydrogen) atoms. The van der Waals surface area contributed by atoms with Crippen molar-refractivity contribution in [3.63, 3.8) is 0 Å². The first kappa shape index (κ1) is 17.4. The van der Waals surface area contributed by atoms with Crippen LogP contribution in [0.1, 0.15) is 59.8 Å². The third kappa shape index (κ3) is 7.45. The molecule has 0 aromatic carbocycles. The molecule has 0 fully saturated rings. The van der Waals surface area contributed by atoms with E-state index in [0.29, 0.717) is 5.54 Å². The van der Waals surface area contributed by atoms with E-state index in [4.69, 9.17) is 20.5 Å². The molecule has 2 atom stereocenters. The van der Waals surface area contributed by atoms with Gasteiger partial charge >= 0.3 is 9.28 Å². The van der Waals surface area contributed by atoms with Crippen LogP contribution in [0.3, 0.4) is 0 Å². The number of rotatable bonds is 11. The minimum absolute atomic E-state index is 0.209. The van der Waals surface area contributed by atoms with Crippen LogP contribution < -0.4 is 0 Å². The van der Waals surface area contributed by atoms with E-state index in [9.17, 15) is 0 Å². The summed E-state index contributed by atoms with van der Waals surface area (Å²) in [5.74, 6) is 0. The van der Waals surface area contributed by atoms with Gasteiger partial charge in [-0.1, -0.05) is 34.1 Å². The number of hydrogen-bond donors (Lipinski definition) is 0. The predicted octanol–water partition coefficient (Wildman–Crippen LogP) is 4.25. The maximum absolute atomic E-state index is 6.44. The van der Waals surface area contributed by atoms with Crippen molar-refractivity contribution in [2.24, 2.45) is 0 Å². The fourth-order valence-corrected chi connectivity index (χ4v) is 5.11. The fourth-order valence-electron chi connectivity index (χ4n) is 1.89. The summed E-state index contributed by atoms with van der Waals surface area (Å²) in [6.07, 6.45) is 5.39. The lowest BCUT2D eigenvalue weighted by molar-refractivity contribution is 0.184. The van der Waals surface area contributed by atoms with E-state index in [1.807, 2.05) is 0 Å². The van der Waals surface area contributed by atoms with Crippen LogP contribution in [-0.2, 0) is 8.85 Å². The SMILES string of the molecule is CCCO[SiH](OCCC)C(CCC)C(Cl)CC. The Morgan fingerprint density at radius 3 is 1.82 bits per heavy atom. The first-order valence-electron chi connectivity index (χ1n) is 7.08. The number of hydrogen-bond acceptors (Lipinski definition) is 2. The Bertz CT molecular complexity index is 161. The van der Waals surface area contributed by atoms with Crippen molar-refractivity contribution in [1.29, 1.82) is 0 Å². The van der Waals surface area contributed by atoms with Crippen LogP contribution in [0, 0.1) is 0 Å². The highest BCUT2D eigenvalue weighted by molar-refractivity contribution is 6.48. The van der Waals surface area contributed by atoms with Gasteiger partial charge in [0, 0.05) is 24.1 Å². The molecule has 0 saturated heterocycles. The molecule has 0 aliphatic heterocycles. The third-order valence-corrected chi connectivity index (χ3v) is 6.30. The second kappa shape index (κ2) is 11.5. The summed E-state index contributed by atoms with van der Waals surface area (Å²) in [7, 11) is -1.61. The van der Waals surface area contributed by atoms with Crippen LogP contribution in [0.25, 0.3) is 0 Å². The van der Waals surface area contributed by atoms with Gasteiger partial charge in [0.2, 0.25) is 0 Å². The summed E-state index contributed by atoms with van der Waals surface area (Å²) >= 11 is 6.44. The highest BCUT2D eigenvalue weighted by Crippen LogP contribution is 2.29. The van der Waals surface area contributed by atoms with E-state index < -0.39 is 9.28 Å². The lowest BCUT2D eigenvalue weighted by atomic mass is 10.1. The van der Waals surface area contributed by atoms with Crippen molar-refractivity contribution >= 4 is 20.9 Å². The average molecular weight is 281 g/mol. The van der Waals surface area contributed by atoms with Crippen molar-refractivity contribution in [2.45, 2.75) is 70.7 Å². The van der Waals surface area contributed by atoms with Gasteiger partial charge in [-0.2, -0.15) is 0 Å². The zero-order valence-corrected chi connectivity index (χ0v) is 13.8. The molecule has 0 amide bonds. The maximum Gasteiger partial charge on any atom is 0.326 e. The molecule has 0 saturated carbocycles. The van der Waals surface area contributed by atoms with Gasteiger partial charge in [0.25, 0.3) is 0 Å². The largest absolute Gasteiger partial charge is 0.396 e. The van der Waals surface area contributed by atoms with Gasteiger partial charge in [-0.25, -0.2) is 0 Å². The Morgan fingerprint density at radius 2 is 1.47 bits per heavy atom. The second-order valence-corrected chi connectivity index (χ2v) is 7.31. The molecule has 0 aromatic heterocycles. The highest BCUT2D eigenvalue weighted by atomic mass is 35.5. The first-order valence-corrected chi connectivity index (χ1v) is 9.12. The van der Waals surface area contributed by atoms with Crippen molar-refractivity contribution in [3.8, 4) is 0 Å². The highest BCUT2D eigenvalue weighted by Gasteiger charge is 2.30. The molecule has 2 unspecified atom stereocenters. The summed E-state index contributed by atoms with van der Waals surface area (Å²) < 4.78 is 11.9. The molecule has 0 N–H and O–H groups in total. The fraction of sp³-hybridized carbons (Fsp3) is 1.00. The van der Waals surface area contributed by atoms with Gasteiger partial charge in [0.1, 0.15) is 0 Å². The molecule has 0 aromatic rings. The monoisotopic (exact) mass is 280 g/mol. The van der Waals surface area contributed by atoms with Crippen molar-refractivity contribution in [1.82, 2.24) is 0 Å². The molecular weight excluding hydrogens is 252 g/mol. The summed E-state index contributed by atoms with van der Waals surface area (Å²) in [6, 6.07) is 0. The van der Waals surface area contributed by atoms with Crippen LogP contribution in [0.4, 0.5) is 0 Å². The smallest absolute Gasteiger partial charge is 0.326 e. The Labute approximate surface area is 114 Å². The second-order valence-electron chi connectivity index (χ2n) is 4.49. The average Bonchev–Trinajstić information content (AvgIpc) is 2.36. The molecule has 0 rings (SSSR count). The Balaban J connectivity index is 4.42. The zero-order valence-electron chi connectivity index (χ0n) is 11.9. The van der Waals surface area contributed by atoms with E-state index in [0.717, 1.165) is 45.3 Å². The molecule has 0 spiro atoms. The Kier molecular flexibility index (Phi) is 11.8. The van der Waals surface area contributed by atoms with Crippen LogP contribution in [-0.4, -0.2) is 27.9 Å². The number of alkyl halides is 1. The Morgan fingerprint density at radius 1 is 0.941 bits per heavy atom. The standard InChI is InChI=1S/C13H29ClO2Si/c1-5-9-13(12(14)8-4)17(15-10-6-2)16-11-7-3/h12-13,17H,5-11H2,1-4H3. The van der Waals surface area contributed by atoms with Gasteiger partial charge in [0.05, 0.1) is 0 Å². The summed E-state index contributed by atoms with van der Waals surface area (Å²) in [5.41, 5.74) is 0.449. The molecule has 0 bridgehead atoms. The van der Waals surface area contributed by atoms with Crippen LogP contribution in [0.2, 0.25) is 5.54 Å². The maximum atomic E-state index is 6.44. The van der Waals surface area contributed by atoms with Crippen LogP contribution in [0.5, 0.6) is 0 Å². The zero-order chi connectivity index (χ0) is 13.1. The van der Waals surface area contributed by atoms with E-state index in [2.05, 4.69) is 27.7 Å². The van der Waals surface area contributed by atoms with E-state index in [1.165, 1.54) is 0 Å². The lowest BCUT2D eigenvalue weighted by Gasteiger charge is -2.28. The number of halogens is 1. The van der Waals surface area contributed by atoms with Crippen LogP contribution in [0.15, 0.2) is 0 Å².